The minimum Gasteiger partial charge on any atom is -0.473 e. The smallest absolute Gasteiger partial charge is 0.473 e. The molecule has 0 bridgehead atoms. The van der Waals surface area contributed by atoms with Crippen LogP contribution >= 0.6 is 15.9 Å². The molecule has 0 radical (unpaired) electrons. The number of aromatic nitrogens is 1. The summed E-state index contributed by atoms with van der Waals surface area (Å²) < 4.78 is 18.9. The molecule has 0 spiro atoms. The van der Waals surface area contributed by atoms with Crippen LogP contribution in [-0.4, -0.2) is 23.3 Å². The molecular weight excluding hydrogens is 369 g/mol. The number of ether oxygens (including phenoxy) is 1. The van der Waals surface area contributed by atoms with Gasteiger partial charge in [-0.2, -0.15) is 0 Å². The monoisotopic (exact) mass is 389 g/mol. The van der Waals surface area contributed by atoms with Gasteiger partial charge in [-0.3, -0.25) is 0 Å². The number of pyridine rings is 1. The van der Waals surface area contributed by atoms with E-state index in [1.807, 2.05) is 70.2 Å². The minimum absolute atomic E-state index is 0.401. The summed E-state index contributed by atoms with van der Waals surface area (Å²) >= 11 is 3.40. The van der Waals surface area contributed by atoms with Crippen molar-refractivity contribution in [1.82, 2.24) is 4.98 Å². The van der Waals surface area contributed by atoms with Crippen molar-refractivity contribution in [2.75, 3.05) is 0 Å². The van der Waals surface area contributed by atoms with Gasteiger partial charge in [-0.25, -0.2) is 4.98 Å². The van der Waals surface area contributed by atoms with E-state index in [4.69, 9.17) is 14.0 Å². The molecule has 0 N–H and O–H groups in total. The summed E-state index contributed by atoms with van der Waals surface area (Å²) in [6.07, 6.45) is 0. The maximum absolute atomic E-state index is 6.13. The third kappa shape index (κ3) is 3.51. The quantitative estimate of drug-likeness (QED) is 0.590. The zero-order chi connectivity index (χ0) is 17.4. The maximum Gasteiger partial charge on any atom is 0.500 e. The summed E-state index contributed by atoms with van der Waals surface area (Å²) in [7, 11) is -0.499. The Kier molecular flexibility index (Phi) is 4.73. The molecule has 1 fully saturated rings. The lowest BCUT2D eigenvalue weighted by Gasteiger charge is -2.32. The Bertz CT molecular complexity index is 705. The van der Waals surface area contributed by atoms with Gasteiger partial charge in [0.25, 0.3) is 0 Å². The lowest BCUT2D eigenvalue weighted by molar-refractivity contribution is 0.00578. The number of rotatable bonds is 4. The molecule has 0 amide bonds. The summed E-state index contributed by atoms with van der Waals surface area (Å²) in [5.74, 6) is 0.520. The third-order valence-electron chi connectivity index (χ3n) is 4.58. The average Bonchev–Trinajstić information content (AvgIpc) is 2.74. The van der Waals surface area contributed by atoms with Crippen LogP contribution in [0, 0.1) is 0 Å². The zero-order valence-corrected chi connectivity index (χ0v) is 16.0. The fourth-order valence-corrected chi connectivity index (χ4v) is 2.71. The lowest BCUT2D eigenvalue weighted by atomic mass is 9.80. The fraction of sp³-hybridized carbons (Fsp3) is 0.389. The number of hydrogen-bond donors (Lipinski definition) is 0. The maximum atomic E-state index is 6.13. The van der Waals surface area contributed by atoms with Crippen LogP contribution in [0.25, 0.3) is 0 Å². The molecular formula is C18H21BBrNO3. The van der Waals surface area contributed by atoms with Crippen LogP contribution in [0.1, 0.15) is 33.3 Å². The second-order valence-electron chi connectivity index (χ2n) is 6.89. The Balaban J connectivity index is 1.84. The molecule has 2 aromatic rings. The first-order valence-electron chi connectivity index (χ1n) is 7.97. The molecule has 1 saturated heterocycles. The molecule has 1 aliphatic heterocycles. The van der Waals surface area contributed by atoms with Crippen LogP contribution in [0.5, 0.6) is 5.88 Å². The number of hydrogen-bond acceptors (Lipinski definition) is 4. The Morgan fingerprint density at radius 2 is 1.62 bits per heavy atom. The molecule has 1 aromatic heterocycles. The van der Waals surface area contributed by atoms with Crippen LogP contribution in [0.3, 0.4) is 0 Å². The highest BCUT2D eigenvalue weighted by Crippen LogP contribution is 2.37. The molecule has 0 saturated carbocycles. The second kappa shape index (κ2) is 6.50. The van der Waals surface area contributed by atoms with Crippen LogP contribution < -0.4 is 10.2 Å². The van der Waals surface area contributed by atoms with E-state index in [0.29, 0.717) is 17.1 Å². The summed E-state index contributed by atoms with van der Waals surface area (Å²) in [5.41, 5.74) is 1.08. The first kappa shape index (κ1) is 17.5. The molecule has 2 heterocycles. The van der Waals surface area contributed by atoms with E-state index < -0.39 is 18.3 Å². The van der Waals surface area contributed by atoms with Gasteiger partial charge in [-0.1, -0.05) is 36.4 Å². The van der Waals surface area contributed by atoms with Crippen molar-refractivity contribution in [1.29, 1.82) is 0 Å². The number of benzene rings is 1. The fourth-order valence-electron chi connectivity index (χ4n) is 2.42. The Hall–Kier alpha value is -1.37. The minimum atomic E-state index is -0.499. The molecule has 1 aliphatic rings. The van der Waals surface area contributed by atoms with Crippen LogP contribution in [0.2, 0.25) is 0 Å². The van der Waals surface area contributed by atoms with E-state index in [1.165, 1.54) is 0 Å². The van der Waals surface area contributed by atoms with Crippen LogP contribution in [0.15, 0.2) is 47.1 Å². The Morgan fingerprint density at radius 3 is 2.25 bits per heavy atom. The Labute approximate surface area is 151 Å². The van der Waals surface area contributed by atoms with Crippen LogP contribution in [0.4, 0.5) is 0 Å². The van der Waals surface area contributed by atoms with Gasteiger partial charge in [-0.15, -0.1) is 0 Å². The highest BCUT2D eigenvalue weighted by atomic mass is 79.9. The summed E-state index contributed by atoms with van der Waals surface area (Å²) in [6.45, 7) is 8.57. The van der Waals surface area contributed by atoms with Crippen molar-refractivity contribution in [3.63, 3.8) is 0 Å². The number of halogens is 1. The van der Waals surface area contributed by atoms with Crippen molar-refractivity contribution in [2.24, 2.45) is 0 Å². The first-order chi connectivity index (χ1) is 11.3. The van der Waals surface area contributed by atoms with E-state index in [9.17, 15) is 0 Å². The largest absolute Gasteiger partial charge is 0.500 e. The van der Waals surface area contributed by atoms with Gasteiger partial charge < -0.3 is 14.0 Å². The van der Waals surface area contributed by atoms with E-state index >= 15 is 0 Å². The molecule has 0 atom stereocenters. The summed E-state index contributed by atoms with van der Waals surface area (Å²) in [4.78, 5) is 4.46. The molecule has 6 heteroatoms. The molecule has 0 aliphatic carbocycles. The normalized spacial score (nSPS) is 18.6. The van der Waals surface area contributed by atoms with Crippen molar-refractivity contribution in [3.05, 3.63) is 52.6 Å². The second-order valence-corrected chi connectivity index (χ2v) is 7.70. The predicted molar refractivity (Wildman–Crippen MR) is 98.4 cm³/mol. The van der Waals surface area contributed by atoms with Gasteiger partial charge in [-0.05, 0) is 55.3 Å². The predicted octanol–water partition coefficient (Wildman–Crippen LogP) is 3.72. The van der Waals surface area contributed by atoms with Gasteiger partial charge in [0.1, 0.15) is 11.2 Å². The molecule has 4 nitrogen and oxygen atoms in total. The zero-order valence-electron chi connectivity index (χ0n) is 14.4. The van der Waals surface area contributed by atoms with Crippen molar-refractivity contribution < 1.29 is 14.0 Å². The van der Waals surface area contributed by atoms with E-state index in [2.05, 4.69) is 20.9 Å². The summed E-state index contributed by atoms with van der Waals surface area (Å²) in [6, 6.07) is 13.8. The van der Waals surface area contributed by atoms with Crippen molar-refractivity contribution in [2.45, 2.75) is 45.5 Å². The van der Waals surface area contributed by atoms with Gasteiger partial charge in [0.15, 0.2) is 0 Å². The highest BCUT2D eigenvalue weighted by molar-refractivity contribution is 9.10. The van der Waals surface area contributed by atoms with Crippen molar-refractivity contribution >= 4 is 28.5 Å². The van der Waals surface area contributed by atoms with Gasteiger partial charge in [0.2, 0.25) is 5.88 Å². The number of nitrogens with zero attached hydrogens (tertiary/aromatic N) is 1. The average molecular weight is 390 g/mol. The van der Waals surface area contributed by atoms with Gasteiger partial charge in [0.05, 0.1) is 11.2 Å². The first-order valence-corrected chi connectivity index (χ1v) is 8.77. The highest BCUT2D eigenvalue weighted by Gasteiger charge is 2.52. The molecule has 24 heavy (non-hydrogen) atoms. The topological polar surface area (TPSA) is 40.6 Å². The van der Waals surface area contributed by atoms with Crippen LogP contribution in [-0.2, 0) is 15.9 Å². The summed E-state index contributed by atoms with van der Waals surface area (Å²) in [5, 5.41) is 0. The molecule has 126 valence electrons. The van der Waals surface area contributed by atoms with E-state index in [0.717, 1.165) is 11.0 Å². The Morgan fingerprint density at radius 1 is 1.00 bits per heavy atom. The molecule has 0 unspecified atom stereocenters. The van der Waals surface area contributed by atoms with Crippen molar-refractivity contribution in [3.8, 4) is 5.88 Å². The van der Waals surface area contributed by atoms with Gasteiger partial charge >= 0.3 is 7.12 Å². The van der Waals surface area contributed by atoms with E-state index in [-0.39, 0.29) is 0 Å². The SMILES string of the molecule is CC1(C)OB(c2ccc(Br)nc2OCc2ccccc2)OC1(C)C. The standard InChI is InChI=1S/C18H21BBrNO3/c1-17(2)18(3,4)24-19(23-17)14-10-11-15(20)21-16(14)22-12-13-8-6-5-7-9-13/h5-11H,12H2,1-4H3. The molecule has 3 rings (SSSR count). The van der Waals surface area contributed by atoms with Gasteiger partial charge in [0, 0.05) is 5.46 Å². The van der Waals surface area contributed by atoms with E-state index in [1.54, 1.807) is 0 Å². The molecule has 1 aromatic carbocycles. The lowest BCUT2D eigenvalue weighted by Crippen LogP contribution is -2.41. The third-order valence-corrected chi connectivity index (χ3v) is 5.02.